The van der Waals surface area contributed by atoms with Crippen LogP contribution in [-0.4, -0.2) is 31.4 Å². The van der Waals surface area contributed by atoms with Gasteiger partial charge in [0.1, 0.15) is 0 Å². The van der Waals surface area contributed by atoms with Crippen LogP contribution >= 0.6 is 0 Å². The Bertz CT molecular complexity index is 925. The maximum absolute atomic E-state index is 13.6. The van der Waals surface area contributed by atoms with Gasteiger partial charge in [0.05, 0.1) is 19.4 Å². The number of hydrogen-bond donors (Lipinski definition) is 1. The van der Waals surface area contributed by atoms with Crippen LogP contribution in [0.2, 0.25) is 0 Å². The molecule has 27 heavy (non-hydrogen) atoms. The molecule has 0 saturated carbocycles. The molecule has 1 N–H and O–H groups in total. The number of ether oxygens (including phenoxy) is 2. The van der Waals surface area contributed by atoms with E-state index in [4.69, 9.17) is 9.47 Å². The fourth-order valence-electron chi connectivity index (χ4n) is 2.86. The van der Waals surface area contributed by atoms with Gasteiger partial charge in [0.2, 0.25) is 5.91 Å². The van der Waals surface area contributed by atoms with Crippen molar-refractivity contribution in [2.75, 3.05) is 19.0 Å². The lowest BCUT2D eigenvalue weighted by atomic mass is 9.99. The topological polar surface area (TPSA) is 81.7 Å². The Hall–Kier alpha value is -3.22. The van der Waals surface area contributed by atoms with Gasteiger partial charge in [-0.3, -0.25) is 14.4 Å². The Morgan fingerprint density at radius 1 is 1.19 bits per heavy atom. The van der Waals surface area contributed by atoms with Crippen LogP contribution in [0.15, 0.2) is 36.4 Å². The second-order valence-electron chi connectivity index (χ2n) is 6.24. The van der Waals surface area contributed by atoms with E-state index in [1.807, 2.05) is 0 Å². The molecule has 1 heterocycles. The first-order chi connectivity index (χ1) is 12.9. The molecule has 1 atom stereocenters. The van der Waals surface area contributed by atoms with Gasteiger partial charge in [0.15, 0.2) is 24.0 Å². The Labute approximate surface area is 155 Å². The number of benzene rings is 2. The highest BCUT2D eigenvalue weighted by Gasteiger charge is 2.27. The Kier molecular flexibility index (Phi) is 5.21. The molecule has 6 nitrogen and oxygen atoms in total. The SMILES string of the molecule is COc1ccc(CC(=O)OCC(=O)c2ccc3c(c2)[C@H](C)C(=O)N3)cc1F. The minimum absolute atomic E-state index is 0.0844. The summed E-state index contributed by atoms with van der Waals surface area (Å²) in [6.07, 6.45) is -0.159. The number of nitrogens with one attached hydrogen (secondary N) is 1. The van der Waals surface area contributed by atoms with Gasteiger partial charge in [-0.25, -0.2) is 4.39 Å². The Morgan fingerprint density at radius 3 is 2.67 bits per heavy atom. The van der Waals surface area contributed by atoms with Crippen LogP contribution in [0.3, 0.4) is 0 Å². The van der Waals surface area contributed by atoms with Crippen molar-refractivity contribution in [2.24, 2.45) is 0 Å². The van der Waals surface area contributed by atoms with Gasteiger partial charge in [0, 0.05) is 11.3 Å². The zero-order valence-corrected chi connectivity index (χ0v) is 14.9. The number of methoxy groups -OCH3 is 1. The molecule has 0 aromatic heterocycles. The third-order valence-corrected chi connectivity index (χ3v) is 4.42. The smallest absolute Gasteiger partial charge is 0.310 e. The van der Waals surface area contributed by atoms with Crippen LogP contribution < -0.4 is 10.1 Å². The summed E-state index contributed by atoms with van der Waals surface area (Å²) in [5.74, 6) is -1.96. The average molecular weight is 371 g/mol. The second kappa shape index (κ2) is 7.57. The lowest BCUT2D eigenvalue weighted by Gasteiger charge is -2.08. The van der Waals surface area contributed by atoms with E-state index in [2.05, 4.69) is 5.32 Å². The summed E-state index contributed by atoms with van der Waals surface area (Å²) in [4.78, 5) is 35.8. The molecule has 2 aromatic carbocycles. The summed E-state index contributed by atoms with van der Waals surface area (Å²) in [7, 11) is 1.35. The molecule has 0 radical (unpaired) electrons. The van der Waals surface area contributed by atoms with Crippen molar-refractivity contribution in [1.82, 2.24) is 0 Å². The van der Waals surface area contributed by atoms with E-state index in [9.17, 15) is 18.8 Å². The zero-order valence-electron chi connectivity index (χ0n) is 14.9. The van der Waals surface area contributed by atoms with Crippen molar-refractivity contribution in [2.45, 2.75) is 19.3 Å². The predicted octanol–water partition coefficient (Wildman–Crippen LogP) is 2.86. The number of halogens is 1. The molecular weight excluding hydrogens is 353 g/mol. The molecule has 0 saturated heterocycles. The number of fused-ring (bicyclic) bond motifs is 1. The van der Waals surface area contributed by atoms with Gasteiger partial charge >= 0.3 is 5.97 Å². The predicted molar refractivity (Wildman–Crippen MR) is 95.4 cm³/mol. The molecule has 1 aliphatic rings. The maximum atomic E-state index is 13.6. The Balaban J connectivity index is 1.59. The first-order valence-electron chi connectivity index (χ1n) is 8.35. The van der Waals surface area contributed by atoms with E-state index in [0.717, 1.165) is 5.56 Å². The fraction of sp³-hybridized carbons (Fsp3) is 0.250. The van der Waals surface area contributed by atoms with Gasteiger partial charge in [-0.05, 0) is 48.4 Å². The summed E-state index contributed by atoms with van der Waals surface area (Å²) in [5.41, 5.74) is 2.20. The van der Waals surface area contributed by atoms with Gasteiger partial charge in [-0.2, -0.15) is 0 Å². The summed E-state index contributed by atoms with van der Waals surface area (Å²) < 4.78 is 23.5. The molecule has 0 unspecified atom stereocenters. The Morgan fingerprint density at radius 2 is 1.96 bits per heavy atom. The summed E-state index contributed by atoms with van der Waals surface area (Å²) >= 11 is 0. The van der Waals surface area contributed by atoms with Crippen molar-refractivity contribution in [3.63, 3.8) is 0 Å². The van der Waals surface area contributed by atoms with E-state index >= 15 is 0 Å². The van der Waals surface area contributed by atoms with E-state index in [-0.39, 0.29) is 29.8 Å². The monoisotopic (exact) mass is 371 g/mol. The number of carbonyl (C=O) groups excluding carboxylic acids is 3. The van der Waals surface area contributed by atoms with Gasteiger partial charge in [0.25, 0.3) is 0 Å². The molecule has 0 spiro atoms. The number of ketones is 1. The third kappa shape index (κ3) is 3.97. The van der Waals surface area contributed by atoms with Crippen molar-refractivity contribution >= 4 is 23.3 Å². The van der Waals surface area contributed by atoms with Crippen LogP contribution in [-0.2, 0) is 20.7 Å². The van der Waals surface area contributed by atoms with Crippen molar-refractivity contribution in [1.29, 1.82) is 0 Å². The molecule has 7 heteroatoms. The number of anilines is 1. The largest absolute Gasteiger partial charge is 0.494 e. The number of carbonyl (C=O) groups is 3. The quantitative estimate of drug-likeness (QED) is 0.624. The van der Waals surface area contributed by atoms with E-state index in [0.29, 0.717) is 16.8 Å². The zero-order chi connectivity index (χ0) is 19.6. The van der Waals surface area contributed by atoms with Crippen molar-refractivity contribution < 1.29 is 28.2 Å². The highest BCUT2D eigenvalue weighted by Crippen LogP contribution is 2.32. The summed E-state index contributed by atoms with van der Waals surface area (Å²) in [5, 5.41) is 2.73. The molecule has 0 bridgehead atoms. The number of esters is 1. The van der Waals surface area contributed by atoms with Crippen LogP contribution in [0.4, 0.5) is 10.1 Å². The van der Waals surface area contributed by atoms with Crippen LogP contribution in [0.25, 0.3) is 0 Å². The molecule has 1 amide bonds. The number of Topliss-reactive ketones (excluding diaryl/α,β-unsaturated/α-hetero) is 1. The van der Waals surface area contributed by atoms with Gasteiger partial charge < -0.3 is 14.8 Å². The first kappa shape index (κ1) is 18.6. The minimum Gasteiger partial charge on any atom is -0.494 e. The lowest BCUT2D eigenvalue weighted by molar-refractivity contribution is -0.141. The molecule has 1 aliphatic heterocycles. The minimum atomic E-state index is -0.640. The van der Waals surface area contributed by atoms with E-state index < -0.39 is 18.4 Å². The van der Waals surface area contributed by atoms with Crippen LogP contribution in [0.1, 0.15) is 34.3 Å². The molecule has 0 fully saturated rings. The van der Waals surface area contributed by atoms with Gasteiger partial charge in [-0.15, -0.1) is 0 Å². The highest BCUT2D eigenvalue weighted by molar-refractivity contribution is 6.05. The van der Waals surface area contributed by atoms with E-state index in [1.165, 1.54) is 19.2 Å². The number of rotatable bonds is 6. The maximum Gasteiger partial charge on any atom is 0.310 e. The highest BCUT2D eigenvalue weighted by atomic mass is 19.1. The molecule has 0 aliphatic carbocycles. The van der Waals surface area contributed by atoms with Crippen molar-refractivity contribution in [3.05, 3.63) is 58.9 Å². The number of amides is 1. The third-order valence-electron chi connectivity index (χ3n) is 4.42. The second-order valence-corrected chi connectivity index (χ2v) is 6.24. The molecule has 3 rings (SSSR count). The van der Waals surface area contributed by atoms with E-state index in [1.54, 1.807) is 31.2 Å². The normalized spacial score (nSPS) is 15.1. The first-order valence-corrected chi connectivity index (χ1v) is 8.35. The molecule has 140 valence electrons. The number of hydrogen-bond acceptors (Lipinski definition) is 5. The lowest BCUT2D eigenvalue weighted by Crippen LogP contribution is -2.16. The van der Waals surface area contributed by atoms with Gasteiger partial charge in [-0.1, -0.05) is 6.07 Å². The fourth-order valence-corrected chi connectivity index (χ4v) is 2.86. The summed E-state index contributed by atoms with van der Waals surface area (Å²) in [6.45, 7) is 1.33. The standard InChI is InChI=1S/C20H18FNO5/c1-11-14-9-13(4-5-16(14)22-20(11)25)17(23)10-27-19(24)8-12-3-6-18(26-2)15(21)7-12/h3-7,9,11H,8,10H2,1-2H3,(H,22,25)/t11-/m0/s1. The molecule has 2 aromatic rings. The van der Waals surface area contributed by atoms with Crippen molar-refractivity contribution in [3.8, 4) is 5.75 Å². The average Bonchev–Trinajstić information content (AvgIpc) is 2.93. The summed E-state index contributed by atoms with van der Waals surface area (Å²) in [6, 6.07) is 9.03. The molecular formula is C20H18FNO5. The van der Waals surface area contributed by atoms with Crippen LogP contribution in [0, 0.1) is 5.82 Å². The van der Waals surface area contributed by atoms with Crippen LogP contribution in [0.5, 0.6) is 5.75 Å².